The number of aromatic amines is 1. The molecule has 2 aliphatic heterocycles. The van der Waals surface area contributed by atoms with E-state index >= 15 is 0 Å². The number of aromatic nitrogens is 1. The van der Waals surface area contributed by atoms with Gasteiger partial charge in [0, 0.05) is 16.5 Å². The number of carboxylic acids is 1. The third kappa shape index (κ3) is 5.99. The minimum Gasteiger partial charge on any atom is -0.493 e. The largest absolute Gasteiger partial charge is 0.493 e. The van der Waals surface area contributed by atoms with Crippen molar-refractivity contribution in [3.05, 3.63) is 68.1 Å². The number of thiazole rings is 1. The van der Waals surface area contributed by atoms with E-state index in [4.69, 9.17) is 14.2 Å². The van der Waals surface area contributed by atoms with Crippen molar-refractivity contribution in [1.82, 2.24) is 9.88 Å². The van der Waals surface area contributed by atoms with Gasteiger partial charge in [0.1, 0.15) is 11.8 Å². The number of esters is 1. The van der Waals surface area contributed by atoms with Crippen LogP contribution in [0.15, 0.2) is 52.3 Å². The van der Waals surface area contributed by atoms with Crippen LogP contribution in [0.25, 0.3) is 0 Å². The fraction of sp³-hybridized carbons (Fsp3) is 0.286. The Morgan fingerprint density at radius 2 is 1.79 bits per heavy atom. The highest BCUT2D eigenvalue weighted by Crippen LogP contribution is 2.53. The van der Waals surface area contributed by atoms with E-state index in [0.29, 0.717) is 26.7 Å². The number of aliphatic carboxylic acids is 1. The zero-order chi connectivity index (χ0) is 30.8. The van der Waals surface area contributed by atoms with Crippen LogP contribution < -0.4 is 19.7 Å². The Kier molecular flexibility index (Phi) is 8.54. The fourth-order valence-electron chi connectivity index (χ4n) is 4.97. The molecule has 0 bridgehead atoms. The van der Waals surface area contributed by atoms with Gasteiger partial charge in [-0.05, 0) is 48.9 Å². The maximum absolute atomic E-state index is 13.3. The van der Waals surface area contributed by atoms with Crippen LogP contribution in [-0.4, -0.2) is 76.8 Å². The summed E-state index contributed by atoms with van der Waals surface area (Å²) in [5, 5.41) is 11.5. The van der Waals surface area contributed by atoms with Gasteiger partial charge in [-0.1, -0.05) is 29.2 Å². The Hall–Kier alpha value is -4.63. The van der Waals surface area contributed by atoms with E-state index in [0.717, 1.165) is 28.0 Å². The van der Waals surface area contributed by atoms with E-state index in [2.05, 4.69) is 10.3 Å². The third-order valence-corrected chi connectivity index (χ3v) is 9.20. The number of carbonyl (C=O) groups is 5. The molecule has 13 nitrogen and oxygen atoms in total. The van der Waals surface area contributed by atoms with E-state index in [-0.39, 0.29) is 29.6 Å². The molecule has 0 radical (unpaired) electrons. The van der Waals surface area contributed by atoms with Gasteiger partial charge in [-0.15, -0.1) is 0 Å². The van der Waals surface area contributed by atoms with Crippen molar-refractivity contribution in [2.45, 2.75) is 23.1 Å². The zero-order valence-corrected chi connectivity index (χ0v) is 24.4. The lowest BCUT2D eigenvalue weighted by molar-refractivity contribution is -0.149. The number of imide groups is 1. The van der Waals surface area contributed by atoms with Crippen molar-refractivity contribution in [3.8, 4) is 11.5 Å². The molecule has 2 aliphatic rings. The average molecular weight is 628 g/mol. The molecule has 1 aromatic heterocycles. The molecular weight excluding hydrogens is 602 g/mol. The van der Waals surface area contributed by atoms with E-state index < -0.39 is 53.3 Å². The molecule has 3 aromatic rings. The first-order chi connectivity index (χ1) is 20.6. The number of fused-ring (bicyclic) bond motifs is 2. The molecule has 3 amide bonds. The van der Waals surface area contributed by atoms with E-state index in [1.807, 2.05) is 0 Å². The summed E-state index contributed by atoms with van der Waals surface area (Å²) in [4.78, 5) is 78.0. The second-order valence-electron chi connectivity index (χ2n) is 9.45. The highest BCUT2D eigenvalue weighted by Gasteiger charge is 2.56. The van der Waals surface area contributed by atoms with Crippen LogP contribution in [0.4, 0.5) is 5.69 Å². The van der Waals surface area contributed by atoms with Crippen LogP contribution >= 0.6 is 23.1 Å². The molecule has 1 fully saturated rings. The molecule has 5 rings (SSSR count). The Labute approximate surface area is 252 Å². The number of ether oxygens (including phenoxy) is 3. The Morgan fingerprint density at radius 1 is 1.05 bits per heavy atom. The predicted molar refractivity (Wildman–Crippen MR) is 154 cm³/mol. The second-order valence-corrected chi connectivity index (χ2v) is 11.6. The molecule has 15 heteroatoms. The van der Waals surface area contributed by atoms with Crippen molar-refractivity contribution < 1.29 is 43.3 Å². The summed E-state index contributed by atoms with van der Waals surface area (Å²) in [7, 11) is 1.40. The number of hydrogen-bond donors (Lipinski definition) is 3. The number of carbonyl (C=O) groups excluding carboxylic acids is 4. The molecule has 43 heavy (non-hydrogen) atoms. The number of anilines is 1. The normalized spacial score (nSPS) is 18.9. The van der Waals surface area contributed by atoms with Gasteiger partial charge < -0.3 is 29.6 Å². The quantitative estimate of drug-likeness (QED) is 0.222. The summed E-state index contributed by atoms with van der Waals surface area (Å²) in [6.45, 7) is 0.825. The number of likely N-dealkylation sites (tertiary alicyclic amines) is 1. The van der Waals surface area contributed by atoms with Crippen molar-refractivity contribution in [2.24, 2.45) is 5.92 Å². The van der Waals surface area contributed by atoms with Gasteiger partial charge in [0.25, 0.3) is 5.91 Å². The summed E-state index contributed by atoms with van der Waals surface area (Å²) >= 11 is 1.96. The Bertz CT molecular complexity index is 1670. The van der Waals surface area contributed by atoms with Gasteiger partial charge in [-0.2, -0.15) is 0 Å². The first-order valence-corrected chi connectivity index (χ1v) is 14.6. The standard InChI is InChI=1S/C28H25N3O10S2/c1-3-40-27(37)13-4-7-15(8-5-13)29-18(32)12-41-16-9-6-14(10-17(16)39-2)20-21-23(42-24-22(20)43-28(38)30-24)26(36)31(25(21)35)11-19(33)34/h4-10,20-21,23H,3,11-12H2,1-2H3,(H,29,32)(H,30,38)(H,33,34)/t20-,21?,23?/m1/s1. The number of amides is 3. The Morgan fingerprint density at radius 3 is 2.47 bits per heavy atom. The maximum Gasteiger partial charge on any atom is 0.338 e. The lowest BCUT2D eigenvalue weighted by Gasteiger charge is -2.30. The molecule has 2 unspecified atom stereocenters. The maximum atomic E-state index is 13.3. The second kappa shape index (κ2) is 12.3. The number of nitrogens with one attached hydrogen (secondary N) is 2. The van der Waals surface area contributed by atoms with Gasteiger partial charge >= 0.3 is 16.8 Å². The Balaban J connectivity index is 1.34. The molecular formula is C28H25N3O10S2. The minimum absolute atomic E-state index is 0.226. The number of rotatable bonds is 10. The van der Waals surface area contributed by atoms with Gasteiger partial charge in [-0.25, -0.2) is 4.79 Å². The summed E-state index contributed by atoms with van der Waals surface area (Å²) in [5.41, 5.74) is 1.34. The van der Waals surface area contributed by atoms with Crippen molar-refractivity contribution >= 4 is 58.4 Å². The first-order valence-electron chi connectivity index (χ1n) is 13.0. The number of thioether (sulfide) groups is 1. The predicted octanol–water partition coefficient (Wildman–Crippen LogP) is 2.31. The number of methoxy groups -OCH3 is 1. The first kappa shape index (κ1) is 29.8. The molecule has 1 saturated heterocycles. The van der Waals surface area contributed by atoms with Gasteiger partial charge in [0.15, 0.2) is 18.1 Å². The molecule has 3 heterocycles. The molecule has 3 N–H and O–H groups in total. The number of benzene rings is 2. The van der Waals surface area contributed by atoms with Crippen LogP contribution in [0.1, 0.15) is 33.6 Å². The molecule has 0 aliphatic carbocycles. The third-order valence-electron chi connectivity index (χ3n) is 6.79. The molecule has 0 saturated carbocycles. The van der Waals surface area contributed by atoms with Crippen LogP contribution in [0, 0.1) is 5.92 Å². The van der Waals surface area contributed by atoms with E-state index in [1.165, 1.54) is 19.2 Å². The number of hydrogen-bond acceptors (Lipinski definition) is 11. The molecule has 3 atom stereocenters. The lowest BCUT2D eigenvalue weighted by atomic mass is 9.83. The summed E-state index contributed by atoms with van der Waals surface area (Å²) in [5.74, 6) is -4.72. The van der Waals surface area contributed by atoms with Crippen molar-refractivity contribution in [1.29, 1.82) is 0 Å². The van der Waals surface area contributed by atoms with E-state index in [9.17, 15) is 33.9 Å². The van der Waals surface area contributed by atoms with Gasteiger partial charge in [-0.3, -0.25) is 28.9 Å². The van der Waals surface area contributed by atoms with Crippen LogP contribution in [0.3, 0.4) is 0 Å². The zero-order valence-electron chi connectivity index (χ0n) is 22.8. The summed E-state index contributed by atoms with van der Waals surface area (Å²) in [6.07, 6.45) is 0. The SMILES string of the molecule is CCOC(=O)c1ccc(NC(=O)COc2ccc([C@H]3c4sc(=O)[nH]c4SC4C(=O)N(CC(=O)O)C(=O)C43)cc2OC)cc1. The van der Waals surface area contributed by atoms with Crippen molar-refractivity contribution in [2.75, 3.05) is 32.2 Å². The molecule has 0 spiro atoms. The van der Waals surface area contributed by atoms with Gasteiger partial charge in [0.2, 0.25) is 11.8 Å². The monoisotopic (exact) mass is 627 g/mol. The van der Waals surface area contributed by atoms with Crippen LogP contribution in [0.5, 0.6) is 11.5 Å². The molecule has 224 valence electrons. The minimum atomic E-state index is -1.31. The van der Waals surface area contributed by atoms with Crippen LogP contribution in [-0.2, 0) is 23.9 Å². The van der Waals surface area contributed by atoms with Crippen molar-refractivity contribution in [3.63, 3.8) is 0 Å². The smallest absolute Gasteiger partial charge is 0.338 e. The topological polar surface area (TPSA) is 181 Å². The fourth-order valence-corrected chi connectivity index (χ4v) is 7.50. The highest BCUT2D eigenvalue weighted by atomic mass is 32.2. The number of H-pyrrole nitrogens is 1. The summed E-state index contributed by atoms with van der Waals surface area (Å²) in [6, 6.07) is 11.0. The summed E-state index contributed by atoms with van der Waals surface area (Å²) < 4.78 is 16.1. The number of nitrogens with zero attached hydrogens (tertiary/aromatic N) is 1. The van der Waals surface area contributed by atoms with E-state index in [1.54, 1.807) is 37.3 Å². The van der Waals surface area contributed by atoms with Gasteiger partial charge in [0.05, 0.1) is 30.2 Å². The average Bonchev–Trinajstić information content (AvgIpc) is 3.46. The molecule has 2 aromatic carbocycles. The highest BCUT2D eigenvalue weighted by molar-refractivity contribution is 8.00. The lowest BCUT2D eigenvalue weighted by Crippen LogP contribution is -2.36. The number of carboxylic acid groups (broad SMARTS) is 1. The van der Waals surface area contributed by atoms with Crippen LogP contribution in [0.2, 0.25) is 0 Å².